The molecule has 1 N–H and O–H groups in total. The van der Waals surface area contributed by atoms with Crippen molar-refractivity contribution >= 4 is 47.4 Å². The largest absolute Gasteiger partial charge is 0.370 e. The molecule has 1 atom stereocenters. The van der Waals surface area contributed by atoms with E-state index in [1.807, 2.05) is 7.05 Å². The Morgan fingerprint density at radius 1 is 1.20 bits per heavy atom. The van der Waals surface area contributed by atoms with Gasteiger partial charge in [-0.2, -0.15) is 11.8 Å². The van der Waals surface area contributed by atoms with Crippen molar-refractivity contribution < 1.29 is 0 Å². The second-order valence-corrected chi connectivity index (χ2v) is 8.08. The Morgan fingerprint density at radius 2 is 1.92 bits per heavy atom. The number of guanidine groups is 1. The van der Waals surface area contributed by atoms with Gasteiger partial charge in [0, 0.05) is 57.0 Å². The van der Waals surface area contributed by atoms with Crippen LogP contribution in [0.2, 0.25) is 0 Å². The Hall–Kier alpha value is -0.630. The molecule has 2 fully saturated rings. The lowest BCUT2D eigenvalue weighted by Gasteiger charge is -2.33. The van der Waals surface area contributed by atoms with Crippen LogP contribution in [-0.2, 0) is 6.54 Å². The van der Waals surface area contributed by atoms with Gasteiger partial charge in [-0.1, -0.05) is 19.1 Å². The minimum atomic E-state index is 0. The molecule has 1 unspecified atom stereocenters. The number of thioether (sulfide) groups is 1. The maximum Gasteiger partial charge on any atom is 0.193 e. The van der Waals surface area contributed by atoms with E-state index < -0.39 is 0 Å². The van der Waals surface area contributed by atoms with Gasteiger partial charge >= 0.3 is 0 Å². The van der Waals surface area contributed by atoms with Gasteiger partial charge in [0.25, 0.3) is 0 Å². The minimum absolute atomic E-state index is 0. The van der Waals surface area contributed by atoms with Gasteiger partial charge in [-0.15, -0.1) is 24.0 Å². The maximum atomic E-state index is 4.47. The summed E-state index contributed by atoms with van der Waals surface area (Å²) < 4.78 is 0. The van der Waals surface area contributed by atoms with Gasteiger partial charge in [0.1, 0.15) is 0 Å². The molecule has 1 aromatic rings. The molecule has 3 rings (SSSR count). The molecule has 0 spiro atoms. The Labute approximate surface area is 173 Å². The molecule has 4 nitrogen and oxygen atoms in total. The number of hydrogen-bond donors (Lipinski definition) is 1. The fraction of sp³-hybridized carbons (Fsp3) is 0.632. The summed E-state index contributed by atoms with van der Waals surface area (Å²) in [5.74, 6) is 4.29. The van der Waals surface area contributed by atoms with E-state index in [0.29, 0.717) is 0 Å². The van der Waals surface area contributed by atoms with E-state index in [2.05, 4.69) is 63.1 Å². The number of halogens is 1. The molecule has 2 aliphatic heterocycles. The minimum Gasteiger partial charge on any atom is -0.370 e. The lowest BCUT2D eigenvalue weighted by Crippen LogP contribution is -2.45. The topological polar surface area (TPSA) is 30.9 Å². The van der Waals surface area contributed by atoms with E-state index >= 15 is 0 Å². The van der Waals surface area contributed by atoms with E-state index in [9.17, 15) is 0 Å². The zero-order valence-electron chi connectivity index (χ0n) is 15.4. The molecule has 140 valence electrons. The van der Waals surface area contributed by atoms with Crippen LogP contribution in [0.3, 0.4) is 0 Å². The van der Waals surface area contributed by atoms with Gasteiger partial charge in [0.2, 0.25) is 0 Å². The number of nitrogens with zero attached hydrogens (tertiary/aromatic N) is 3. The quantitative estimate of drug-likeness (QED) is 0.412. The van der Waals surface area contributed by atoms with Crippen molar-refractivity contribution in [1.82, 2.24) is 10.2 Å². The van der Waals surface area contributed by atoms with Crippen LogP contribution in [0, 0.1) is 5.92 Å². The average Bonchev–Trinajstić information content (AvgIpc) is 2.64. The number of benzene rings is 1. The highest BCUT2D eigenvalue weighted by Crippen LogP contribution is 2.20. The van der Waals surface area contributed by atoms with Crippen molar-refractivity contribution in [3.8, 4) is 0 Å². The Morgan fingerprint density at radius 3 is 2.56 bits per heavy atom. The van der Waals surface area contributed by atoms with Crippen LogP contribution in [0.5, 0.6) is 0 Å². The summed E-state index contributed by atoms with van der Waals surface area (Å²) in [5, 5.41) is 3.53. The van der Waals surface area contributed by atoms with Gasteiger partial charge < -0.3 is 15.1 Å². The standard InChI is InChI=1S/C19H30N4S.HI/c1-16-4-3-9-23(15-16)19(20-2)21-14-17-5-7-18(8-6-17)22-10-12-24-13-11-22;/h5-8,16H,3-4,9-15H2,1-2H3,(H,20,21);1H. The molecule has 2 saturated heterocycles. The van der Waals surface area contributed by atoms with Crippen molar-refractivity contribution in [2.24, 2.45) is 10.9 Å². The highest BCUT2D eigenvalue weighted by atomic mass is 127. The molecule has 0 saturated carbocycles. The summed E-state index contributed by atoms with van der Waals surface area (Å²) in [6.07, 6.45) is 2.61. The lowest BCUT2D eigenvalue weighted by atomic mass is 10.0. The first-order valence-electron chi connectivity index (χ1n) is 9.13. The van der Waals surface area contributed by atoms with Crippen molar-refractivity contribution in [2.45, 2.75) is 26.3 Å². The van der Waals surface area contributed by atoms with Crippen LogP contribution in [0.25, 0.3) is 0 Å². The van der Waals surface area contributed by atoms with Crippen LogP contribution in [0.15, 0.2) is 29.3 Å². The van der Waals surface area contributed by atoms with Gasteiger partial charge in [-0.25, -0.2) is 0 Å². The SMILES string of the molecule is CN=C(NCc1ccc(N2CCSCC2)cc1)N1CCCC(C)C1.I. The summed E-state index contributed by atoms with van der Waals surface area (Å²) in [4.78, 5) is 9.36. The predicted octanol–water partition coefficient (Wildman–Crippen LogP) is 3.67. The summed E-state index contributed by atoms with van der Waals surface area (Å²) in [7, 11) is 1.89. The van der Waals surface area contributed by atoms with Crippen LogP contribution < -0.4 is 10.2 Å². The second kappa shape index (κ2) is 10.5. The maximum absolute atomic E-state index is 4.47. The fourth-order valence-electron chi connectivity index (χ4n) is 3.54. The number of rotatable bonds is 3. The predicted molar refractivity (Wildman–Crippen MR) is 122 cm³/mol. The third-order valence-corrected chi connectivity index (χ3v) is 5.87. The van der Waals surface area contributed by atoms with Crippen molar-refractivity contribution in [3.05, 3.63) is 29.8 Å². The van der Waals surface area contributed by atoms with Gasteiger partial charge in [0.05, 0.1) is 0 Å². The first-order chi connectivity index (χ1) is 11.8. The molecule has 2 aliphatic rings. The number of aliphatic imine (C=N–C) groups is 1. The summed E-state index contributed by atoms with van der Waals surface area (Å²) >= 11 is 2.05. The van der Waals surface area contributed by atoms with Gasteiger partial charge in [0.15, 0.2) is 5.96 Å². The lowest BCUT2D eigenvalue weighted by molar-refractivity contribution is 0.266. The molecule has 1 aromatic carbocycles. The monoisotopic (exact) mass is 474 g/mol. The van der Waals surface area contributed by atoms with Crippen LogP contribution in [0.4, 0.5) is 5.69 Å². The van der Waals surface area contributed by atoms with Crippen molar-refractivity contribution in [3.63, 3.8) is 0 Å². The fourth-order valence-corrected chi connectivity index (χ4v) is 4.44. The molecule has 0 bridgehead atoms. The van der Waals surface area contributed by atoms with Gasteiger partial charge in [-0.05, 0) is 36.5 Å². The Kier molecular flexibility index (Phi) is 8.69. The van der Waals surface area contributed by atoms with E-state index in [-0.39, 0.29) is 24.0 Å². The third kappa shape index (κ3) is 5.94. The molecule has 6 heteroatoms. The number of nitrogens with one attached hydrogen (secondary N) is 1. The number of likely N-dealkylation sites (tertiary alicyclic amines) is 1. The van der Waals surface area contributed by atoms with Crippen LogP contribution >= 0.6 is 35.7 Å². The van der Waals surface area contributed by atoms with E-state index in [1.165, 1.54) is 48.7 Å². The van der Waals surface area contributed by atoms with E-state index in [0.717, 1.165) is 31.5 Å². The third-order valence-electron chi connectivity index (χ3n) is 4.93. The average molecular weight is 474 g/mol. The zero-order valence-corrected chi connectivity index (χ0v) is 18.6. The Bertz CT molecular complexity index is 543. The molecule has 0 radical (unpaired) electrons. The molecule has 0 amide bonds. The van der Waals surface area contributed by atoms with Crippen LogP contribution in [-0.4, -0.2) is 55.6 Å². The summed E-state index contributed by atoms with van der Waals surface area (Å²) in [6.45, 7) is 7.75. The smallest absolute Gasteiger partial charge is 0.193 e. The molecule has 0 aromatic heterocycles. The summed E-state index contributed by atoms with van der Waals surface area (Å²) in [5.41, 5.74) is 2.67. The summed E-state index contributed by atoms with van der Waals surface area (Å²) in [6, 6.07) is 9.02. The zero-order chi connectivity index (χ0) is 16.8. The first-order valence-corrected chi connectivity index (χ1v) is 10.3. The second-order valence-electron chi connectivity index (χ2n) is 6.86. The number of hydrogen-bond acceptors (Lipinski definition) is 3. The van der Waals surface area contributed by atoms with E-state index in [4.69, 9.17) is 0 Å². The van der Waals surface area contributed by atoms with Gasteiger partial charge in [-0.3, -0.25) is 4.99 Å². The molecular weight excluding hydrogens is 443 g/mol. The van der Waals surface area contributed by atoms with Crippen molar-refractivity contribution in [1.29, 1.82) is 0 Å². The molecule has 0 aliphatic carbocycles. The first kappa shape index (κ1) is 20.7. The van der Waals surface area contributed by atoms with Crippen LogP contribution in [0.1, 0.15) is 25.3 Å². The normalized spacial score (nSPS) is 21.7. The highest BCUT2D eigenvalue weighted by molar-refractivity contribution is 14.0. The van der Waals surface area contributed by atoms with E-state index in [1.54, 1.807) is 0 Å². The molecule has 25 heavy (non-hydrogen) atoms. The van der Waals surface area contributed by atoms with Crippen molar-refractivity contribution in [2.75, 3.05) is 49.6 Å². The molecule has 2 heterocycles. The number of piperidine rings is 1. The molecular formula is C19H31IN4S. The number of anilines is 1. The highest BCUT2D eigenvalue weighted by Gasteiger charge is 2.19. The Balaban J connectivity index is 0.00000225.